The maximum absolute atomic E-state index is 10.2. The summed E-state index contributed by atoms with van der Waals surface area (Å²) in [5, 5.41) is 33.5. The van der Waals surface area contributed by atoms with Crippen LogP contribution < -0.4 is 5.43 Å². The number of imidazole rings is 1. The number of hydrogen-bond donors (Lipinski definition) is 4. The Morgan fingerprint density at radius 1 is 1.21 bits per heavy atom. The van der Waals surface area contributed by atoms with Gasteiger partial charge in [-0.25, -0.2) is 15.0 Å². The Bertz CT molecular complexity index is 996. The molecule has 11 nitrogen and oxygen atoms in total. The van der Waals surface area contributed by atoms with Crippen LogP contribution in [0.25, 0.3) is 11.2 Å². The van der Waals surface area contributed by atoms with Crippen LogP contribution in [0.4, 0.5) is 5.82 Å². The van der Waals surface area contributed by atoms with Gasteiger partial charge in [-0.2, -0.15) is 5.10 Å². The fourth-order valence-corrected chi connectivity index (χ4v) is 3.09. The van der Waals surface area contributed by atoms with Crippen LogP contribution in [-0.2, 0) is 4.74 Å². The smallest absolute Gasteiger partial charge is 0.177 e. The van der Waals surface area contributed by atoms with Gasteiger partial charge >= 0.3 is 0 Å². The Morgan fingerprint density at radius 2 is 2.07 bits per heavy atom. The summed E-state index contributed by atoms with van der Waals surface area (Å²) in [5.74, 6) is 0.351. The minimum atomic E-state index is -1.23. The summed E-state index contributed by atoms with van der Waals surface area (Å²) in [6, 6.07) is 3.64. The van der Waals surface area contributed by atoms with E-state index in [0.717, 1.165) is 4.47 Å². The van der Waals surface area contributed by atoms with E-state index in [1.807, 2.05) is 6.07 Å². The molecule has 0 radical (unpaired) electrons. The molecule has 0 saturated carbocycles. The number of aliphatic hydroxyl groups excluding tert-OH is 3. The predicted molar refractivity (Wildman–Crippen MR) is 101 cm³/mol. The highest BCUT2D eigenvalue weighted by Gasteiger charge is 2.44. The van der Waals surface area contributed by atoms with Crippen LogP contribution in [0.3, 0.4) is 0 Å². The molecule has 1 saturated heterocycles. The van der Waals surface area contributed by atoms with Crippen LogP contribution in [0, 0.1) is 0 Å². The Hall–Kier alpha value is -2.51. The van der Waals surface area contributed by atoms with Crippen LogP contribution in [0.5, 0.6) is 0 Å². The molecule has 0 spiro atoms. The number of rotatable bonds is 5. The van der Waals surface area contributed by atoms with Crippen molar-refractivity contribution in [1.82, 2.24) is 24.5 Å². The molecule has 12 heteroatoms. The van der Waals surface area contributed by atoms with Gasteiger partial charge in [0.25, 0.3) is 0 Å². The normalized spacial score (nSPS) is 25.0. The van der Waals surface area contributed by atoms with Gasteiger partial charge in [0.05, 0.1) is 24.8 Å². The van der Waals surface area contributed by atoms with E-state index in [1.165, 1.54) is 23.4 Å². The van der Waals surface area contributed by atoms with Gasteiger partial charge in [-0.1, -0.05) is 0 Å². The molecule has 146 valence electrons. The molecule has 1 aliphatic rings. The van der Waals surface area contributed by atoms with Crippen molar-refractivity contribution in [3.05, 3.63) is 41.2 Å². The number of halogens is 1. The number of aromatic nitrogens is 5. The average molecular weight is 450 g/mol. The molecule has 1 fully saturated rings. The average Bonchev–Trinajstić information content (AvgIpc) is 3.25. The van der Waals surface area contributed by atoms with Crippen molar-refractivity contribution < 1.29 is 20.1 Å². The third-order valence-corrected chi connectivity index (χ3v) is 4.74. The SMILES string of the molecule is OC[C@H]1O[C@@H](n2cnc3c(N/N=C/c4ccc(Br)cn4)ncnc32)[C@@H](O)C1O. The molecule has 28 heavy (non-hydrogen) atoms. The van der Waals surface area contributed by atoms with E-state index in [4.69, 9.17) is 4.74 Å². The predicted octanol–water partition coefficient (Wildman–Crippen LogP) is 0.0413. The standard InChI is InChI=1S/C16H16BrN7O4/c17-8-1-2-9(18-3-8)4-22-23-14-11-15(20-6-19-14)24(7-21-11)16-13(27)12(26)10(5-25)28-16/h1-4,6-7,10,12-13,16,25-27H,5H2,(H,19,20,23)/b22-4+/t10-,12?,13+,16-/m1/s1. The quantitative estimate of drug-likeness (QED) is 0.312. The van der Waals surface area contributed by atoms with Gasteiger partial charge in [-0.3, -0.25) is 15.0 Å². The van der Waals surface area contributed by atoms with E-state index in [0.29, 0.717) is 22.7 Å². The molecule has 4 rings (SSSR count). The zero-order valence-corrected chi connectivity index (χ0v) is 15.9. The first kappa shape index (κ1) is 18.8. The first-order valence-corrected chi connectivity index (χ1v) is 9.08. The lowest BCUT2D eigenvalue weighted by Gasteiger charge is -2.16. The van der Waals surface area contributed by atoms with Gasteiger partial charge in [0.15, 0.2) is 23.2 Å². The summed E-state index contributed by atoms with van der Waals surface area (Å²) < 4.78 is 7.87. The number of aliphatic hydroxyl groups is 3. The number of nitrogens with zero attached hydrogens (tertiary/aromatic N) is 6. The number of anilines is 1. The first-order chi connectivity index (χ1) is 13.6. The zero-order valence-electron chi connectivity index (χ0n) is 14.3. The van der Waals surface area contributed by atoms with Crippen LogP contribution >= 0.6 is 15.9 Å². The molecule has 0 aromatic carbocycles. The van der Waals surface area contributed by atoms with E-state index in [1.54, 1.807) is 12.3 Å². The molecule has 4 heterocycles. The summed E-state index contributed by atoms with van der Waals surface area (Å²) in [6.45, 7) is -0.415. The number of hydrazone groups is 1. The van der Waals surface area contributed by atoms with Crippen LogP contribution in [0.1, 0.15) is 11.9 Å². The number of fused-ring (bicyclic) bond motifs is 1. The Balaban J connectivity index is 1.58. The third-order valence-electron chi connectivity index (χ3n) is 4.27. The second kappa shape index (κ2) is 7.85. The van der Waals surface area contributed by atoms with Crippen molar-refractivity contribution in [2.45, 2.75) is 24.5 Å². The fraction of sp³-hybridized carbons (Fsp3) is 0.312. The highest BCUT2D eigenvalue weighted by Crippen LogP contribution is 2.32. The lowest BCUT2D eigenvalue weighted by Crippen LogP contribution is -2.33. The molecule has 3 aromatic heterocycles. The zero-order chi connectivity index (χ0) is 19.7. The lowest BCUT2D eigenvalue weighted by molar-refractivity contribution is -0.0511. The summed E-state index contributed by atoms with van der Waals surface area (Å²) in [5.41, 5.74) is 4.23. The van der Waals surface area contributed by atoms with Crippen LogP contribution in [0.2, 0.25) is 0 Å². The van der Waals surface area contributed by atoms with Crippen molar-refractivity contribution in [2.24, 2.45) is 5.10 Å². The molecule has 0 amide bonds. The Morgan fingerprint density at radius 3 is 2.79 bits per heavy atom. The second-order valence-corrected chi connectivity index (χ2v) is 6.96. The number of ether oxygens (including phenoxy) is 1. The molecule has 1 unspecified atom stereocenters. The molecule has 0 aliphatic carbocycles. The van der Waals surface area contributed by atoms with E-state index in [9.17, 15) is 15.3 Å². The molecule has 3 aromatic rings. The molecule has 0 bridgehead atoms. The van der Waals surface area contributed by atoms with Crippen LogP contribution in [-0.4, -0.2) is 71.0 Å². The molecule has 4 atom stereocenters. The van der Waals surface area contributed by atoms with Gasteiger partial charge in [0.2, 0.25) is 0 Å². The van der Waals surface area contributed by atoms with E-state index in [-0.39, 0.29) is 0 Å². The molecular formula is C16H16BrN7O4. The minimum Gasteiger partial charge on any atom is -0.394 e. The molecule has 1 aliphatic heterocycles. The fourth-order valence-electron chi connectivity index (χ4n) is 2.85. The largest absolute Gasteiger partial charge is 0.394 e. The lowest BCUT2D eigenvalue weighted by atomic mass is 10.1. The van der Waals surface area contributed by atoms with Crippen molar-refractivity contribution in [3.63, 3.8) is 0 Å². The summed E-state index contributed by atoms with van der Waals surface area (Å²) in [7, 11) is 0. The highest BCUT2D eigenvalue weighted by atomic mass is 79.9. The maximum atomic E-state index is 10.2. The van der Waals surface area contributed by atoms with Crippen molar-refractivity contribution in [3.8, 4) is 0 Å². The van der Waals surface area contributed by atoms with Gasteiger partial charge < -0.3 is 20.1 Å². The summed E-state index contributed by atoms with van der Waals surface area (Å²) in [4.78, 5) is 16.7. The number of nitrogens with one attached hydrogen (secondary N) is 1. The molecular weight excluding hydrogens is 434 g/mol. The topological polar surface area (TPSA) is 151 Å². The van der Waals surface area contributed by atoms with Crippen LogP contribution in [0.15, 0.2) is 40.6 Å². The van der Waals surface area contributed by atoms with E-state index < -0.39 is 31.1 Å². The monoisotopic (exact) mass is 449 g/mol. The Kier molecular flexibility index (Phi) is 5.28. The van der Waals surface area contributed by atoms with E-state index >= 15 is 0 Å². The number of hydrogen-bond acceptors (Lipinski definition) is 10. The van der Waals surface area contributed by atoms with Gasteiger partial charge in [0.1, 0.15) is 24.6 Å². The highest BCUT2D eigenvalue weighted by molar-refractivity contribution is 9.10. The van der Waals surface area contributed by atoms with Gasteiger partial charge in [0, 0.05) is 10.7 Å². The number of pyridine rings is 1. The minimum absolute atomic E-state index is 0.351. The van der Waals surface area contributed by atoms with Crippen molar-refractivity contribution in [2.75, 3.05) is 12.0 Å². The van der Waals surface area contributed by atoms with Crippen molar-refractivity contribution >= 4 is 39.1 Å². The van der Waals surface area contributed by atoms with Crippen molar-refractivity contribution in [1.29, 1.82) is 0 Å². The Labute approximate surface area is 166 Å². The summed E-state index contributed by atoms with van der Waals surface area (Å²) >= 11 is 3.32. The van der Waals surface area contributed by atoms with E-state index in [2.05, 4.69) is 46.4 Å². The van der Waals surface area contributed by atoms with Gasteiger partial charge in [-0.05, 0) is 28.1 Å². The second-order valence-electron chi connectivity index (χ2n) is 6.05. The summed E-state index contributed by atoms with van der Waals surface area (Å²) in [6.07, 6.45) is 1.66. The first-order valence-electron chi connectivity index (χ1n) is 8.29. The third kappa shape index (κ3) is 3.47. The maximum Gasteiger partial charge on any atom is 0.177 e. The molecule has 4 N–H and O–H groups in total. The van der Waals surface area contributed by atoms with Gasteiger partial charge in [-0.15, -0.1) is 0 Å².